The van der Waals surface area contributed by atoms with Gasteiger partial charge in [0.1, 0.15) is 5.75 Å². The van der Waals surface area contributed by atoms with E-state index in [1.54, 1.807) is 30.3 Å². The van der Waals surface area contributed by atoms with E-state index >= 15 is 0 Å². The Morgan fingerprint density at radius 1 is 1.19 bits per heavy atom. The maximum absolute atomic E-state index is 12.6. The first kappa shape index (κ1) is 20.7. The Bertz CT molecular complexity index is 865. The van der Waals surface area contributed by atoms with Crippen molar-refractivity contribution in [1.82, 2.24) is 5.32 Å². The van der Waals surface area contributed by atoms with Gasteiger partial charge in [0.05, 0.1) is 11.5 Å². The van der Waals surface area contributed by atoms with Gasteiger partial charge in [0.2, 0.25) is 0 Å². The number of amides is 1. The molecule has 27 heavy (non-hydrogen) atoms. The first-order valence-corrected chi connectivity index (χ1v) is 10.2. The molecule has 0 saturated carbocycles. The number of carbonyl (C=O) groups is 1. The number of nitrogens with one attached hydrogen (secondary N) is 2. The Morgan fingerprint density at radius 3 is 2.52 bits per heavy atom. The minimum atomic E-state index is -3.82. The second kappa shape index (κ2) is 9.38. The van der Waals surface area contributed by atoms with Gasteiger partial charge in [-0.05, 0) is 62.7 Å². The summed E-state index contributed by atoms with van der Waals surface area (Å²) in [6.45, 7) is 4.68. The Hall–Kier alpha value is -2.58. The van der Waals surface area contributed by atoms with Gasteiger partial charge in [-0.1, -0.05) is 6.07 Å². The Kier molecular flexibility index (Phi) is 7.20. The van der Waals surface area contributed by atoms with Crippen LogP contribution in [0.25, 0.3) is 0 Å². The van der Waals surface area contributed by atoms with Crippen LogP contribution in [0, 0.1) is 0 Å². The van der Waals surface area contributed by atoms with Crippen molar-refractivity contribution in [2.75, 3.05) is 17.9 Å². The Balaban J connectivity index is 2.10. The molecule has 0 aliphatic heterocycles. The summed E-state index contributed by atoms with van der Waals surface area (Å²) in [5.41, 5.74) is 6.33. The zero-order valence-electron chi connectivity index (χ0n) is 15.4. The van der Waals surface area contributed by atoms with Crippen LogP contribution in [0.1, 0.15) is 30.6 Å². The lowest BCUT2D eigenvalue weighted by Crippen LogP contribution is -2.29. The molecule has 1 unspecified atom stereocenters. The van der Waals surface area contributed by atoms with Gasteiger partial charge in [0, 0.05) is 23.8 Å². The minimum Gasteiger partial charge on any atom is -0.494 e. The van der Waals surface area contributed by atoms with Gasteiger partial charge in [-0.2, -0.15) is 0 Å². The maximum atomic E-state index is 12.6. The van der Waals surface area contributed by atoms with E-state index in [1.165, 1.54) is 18.2 Å². The molecule has 0 aliphatic rings. The summed E-state index contributed by atoms with van der Waals surface area (Å²) in [6.07, 6.45) is 0.642. The van der Waals surface area contributed by atoms with Crippen molar-refractivity contribution in [3.63, 3.8) is 0 Å². The molecule has 0 spiro atoms. The average Bonchev–Trinajstić information content (AvgIpc) is 2.63. The third kappa shape index (κ3) is 6.26. The smallest absolute Gasteiger partial charge is 0.261 e. The molecule has 2 aromatic rings. The standard InChI is InChI=1S/C19H25N3O4S/c1-3-26-17-9-7-16(8-10-17)22-27(24,25)18-6-4-5-15(13-18)19(23)21-12-11-14(2)20/h4-10,13-14,22H,3,11-12,20H2,1-2H3,(H,21,23). The molecule has 2 aromatic carbocycles. The van der Waals surface area contributed by atoms with Crippen molar-refractivity contribution in [2.24, 2.45) is 5.73 Å². The fourth-order valence-corrected chi connectivity index (χ4v) is 3.42. The number of hydrogen-bond acceptors (Lipinski definition) is 5. The molecule has 146 valence electrons. The van der Waals surface area contributed by atoms with E-state index in [1.807, 2.05) is 13.8 Å². The van der Waals surface area contributed by atoms with Crippen LogP contribution in [-0.4, -0.2) is 33.5 Å². The summed E-state index contributed by atoms with van der Waals surface area (Å²) in [5, 5.41) is 2.73. The average molecular weight is 391 g/mol. The molecule has 0 heterocycles. The van der Waals surface area contributed by atoms with Crippen molar-refractivity contribution in [1.29, 1.82) is 0 Å². The Morgan fingerprint density at radius 2 is 1.89 bits per heavy atom. The second-order valence-corrected chi connectivity index (χ2v) is 7.79. The minimum absolute atomic E-state index is 0.0104. The normalized spacial score (nSPS) is 12.3. The van der Waals surface area contributed by atoms with Crippen molar-refractivity contribution < 1.29 is 17.9 Å². The summed E-state index contributed by atoms with van der Waals surface area (Å²) in [4.78, 5) is 12.2. The molecule has 7 nitrogen and oxygen atoms in total. The lowest BCUT2D eigenvalue weighted by molar-refractivity contribution is 0.0952. The van der Waals surface area contributed by atoms with Crippen molar-refractivity contribution in [3.8, 4) is 5.75 Å². The highest BCUT2D eigenvalue weighted by Crippen LogP contribution is 2.20. The van der Waals surface area contributed by atoms with E-state index in [-0.39, 0.29) is 22.4 Å². The zero-order chi connectivity index (χ0) is 19.9. The van der Waals surface area contributed by atoms with Gasteiger partial charge in [-0.15, -0.1) is 0 Å². The first-order chi connectivity index (χ1) is 12.8. The van der Waals surface area contributed by atoms with Crippen LogP contribution in [-0.2, 0) is 10.0 Å². The number of nitrogens with two attached hydrogens (primary N) is 1. The predicted octanol–water partition coefficient (Wildman–Crippen LogP) is 2.35. The zero-order valence-corrected chi connectivity index (χ0v) is 16.3. The molecule has 0 bridgehead atoms. The number of benzene rings is 2. The van der Waals surface area contributed by atoms with E-state index in [0.717, 1.165) is 0 Å². The van der Waals surface area contributed by atoms with Crippen molar-refractivity contribution in [3.05, 3.63) is 54.1 Å². The molecule has 0 aromatic heterocycles. The van der Waals surface area contributed by atoms with Gasteiger partial charge in [-0.25, -0.2) is 8.42 Å². The number of hydrogen-bond donors (Lipinski definition) is 3. The highest BCUT2D eigenvalue weighted by atomic mass is 32.2. The molecule has 0 aliphatic carbocycles. The number of rotatable bonds is 9. The van der Waals surface area contributed by atoms with E-state index in [2.05, 4.69) is 10.0 Å². The number of ether oxygens (including phenoxy) is 1. The van der Waals surface area contributed by atoms with Crippen LogP contribution in [0.2, 0.25) is 0 Å². The van der Waals surface area contributed by atoms with Crippen LogP contribution >= 0.6 is 0 Å². The number of sulfonamides is 1. The molecule has 1 amide bonds. The highest BCUT2D eigenvalue weighted by Gasteiger charge is 2.16. The largest absolute Gasteiger partial charge is 0.494 e. The molecule has 0 fully saturated rings. The van der Waals surface area contributed by atoms with Gasteiger partial charge >= 0.3 is 0 Å². The topological polar surface area (TPSA) is 111 Å². The third-order valence-corrected chi connectivity index (χ3v) is 5.09. The van der Waals surface area contributed by atoms with Crippen LogP contribution in [0.5, 0.6) is 5.75 Å². The van der Waals surface area contributed by atoms with E-state index in [4.69, 9.17) is 10.5 Å². The van der Waals surface area contributed by atoms with Crippen molar-refractivity contribution in [2.45, 2.75) is 31.2 Å². The summed E-state index contributed by atoms with van der Waals surface area (Å²) < 4.78 is 33.0. The van der Waals surface area contributed by atoms with Crippen molar-refractivity contribution >= 4 is 21.6 Å². The second-order valence-electron chi connectivity index (χ2n) is 6.11. The molecule has 0 radical (unpaired) electrons. The summed E-state index contributed by atoms with van der Waals surface area (Å²) in [6, 6.07) is 12.5. The first-order valence-electron chi connectivity index (χ1n) is 8.71. The van der Waals surface area contributed by atoms with Gasteiger partial charge < -0.3 is 15.8 Å². The molecular weight excluding hydrogens is 366 g/mol. The van der Waals surface area contributed by atoms with Gasteiger partial charge in [0.15, 0.2) is 0 Å². The van der Waals surface area contributed by atoms with Crippen LogP contribution in [0.15, 0.2) is 53.4 Å². The van der Waals surface area contributed by atoms with Crippen LogP contribution in [0.4, 0.5) is 5.69 Å². The predicted molar refractivity (Wildman–Crippen MR) is 105 cm³/mol. The van der Waals surface area contributed by atoms with Crippen LogP contribution < -0.4 is 20.5 Å². The molecule has 8 heteroatoms. The monoisotopic (exact) mass is 391 g/mol. The highest BCUT2D eigenvalue weighted by molar-refractivity contribution is 7.92. The SMILES string of the molecule is CCOc1ccc(NS(=O)(=O)c2cccc(C(=O)NCCC(C)N)c2)cc1. The number of carbonyl (C=O) groups excluding carboxylic acids is 1. The van der Waals surface area contributed by atoms with E-state index in [0.29, 0.717) is 31.0 Å². The van der Waals surface area contributed by atoms with Crippen LogP contribution in [0.3, 0.4) is 0 Å². The molecule has 2 rings (SSSR count). The maximum Gasteiger partial charge on any atom is 0.261 e. The van der Waals surface area contributed by atoms with Gasteiger partial charge in [0.25, 0.3) is 15.9 Å². The third-order valence-electron chi connectivity index (χ3n) is 3.71. The summed E-state index contributed by atoms with van der Waals surface area (Å²) in [5.74, 6) is 0.319. The fraction of sp³-hybridized carbons (Fsp3) is 0.316. The number of anilines is 1. The fourth-order valence-electron chi connectivity index (χ4n) is 2.32. The molecule has 4 N–H and O–H groups in total. The van der Waals surface area contributed by atoms with Gasteiger partial charge in [-0.3, -0.25) is 9.52 Å². The summed E-state index contributed by atoms with van der Waals surface area (Å²) in [7, 11) is -3.82. The van der Waals surface area contributed by atoms with E-state index in [9.17, 15) is 13.2 Å². The lowest BCUT2D eigenvalue weighted by Gasteiger charge is -2.11. The molecule has 0 saturated heterocycles. The lowest BCUT2D eigenvalue weighted by atomic mass is 10.2. The van der Waals surface area contributed by atoms with E-state index < -0.39 is 10.0 Å². The quantitative estimate of drug-likeness (QED) is 0.608. The molecule has 1 atom stereocenters. The molecular formula is C19H25N3O4S. The summed E-state index contributed by atoms with van der Waals surface area (Å²) >= 11 is 0. The Labute approximate surface area is 160 Å².